The Kier molecular flexibility index (Phi) is 10.9. The summed E-state index contributed by atoms with van der Waals surface area (Å²) in [4.78, 5) is 67.7. The molecule has 4 aromatic rings. The topological polar surface area (TPSA) is 247 Å². The Bertz CT molecular complexity index is 2090. The van der Waals surface area contributed by atoms with Crippen molar-refractivity contribution >= 4 is 60.1 Å². The van der Waals surface area contributed by atoms with Crippen LogP contribution in [0, 0.1) is 5.92 Å². The molecule has 19 nitrogen and oxygen atoms in total. The molecule has 2 unspecified atom stereocenters. The molecule has 52 heavy (non-hydrogen) atoms. The number of carbonyl (C=O) groups excluding carboxylic acids is 1. The monoisotopic (exact) mass is 796 g/mol. The molecular weight excluding hydrogens is 762 g/mol. The second kappa shape index (κ2) is 15.3. The number of fused-ring (bicyclic) bond motifs is 4. The van der Waals surface area contributed by atoms with Crippen LogP contribution < -0.4 is 20.9 Å². The van der Waals surface area contributed by atoms with E-state index in [-0.39, 0.29) is 30.1 Å². The van der Waals surface area contributed by atoms with E-state index in [1.165, 1.54) is 23.4 Å². The maximum absolute atomic E-state index is 13.2. The lowest BCUT2D eigenvalue weighted by Crippen LogP contribution is -2.35. The van der Waals surface area contributed by atoms with Gasteiger partial charge in [0.25, 0.3) is 11.5 Å². The highest BCUT2D eigenvalue weighted by molar-refractivity contribution is 8.07. The Hall–Kier alpha value is -3.14. The number of aromatic nitrogens is 6. The van der Waals surface area contributed by atoms with Crippen molar-refractivity contribution in [1.82, 2.24) is 34.8 Å². The highest BCUT2D eigenvalue weighted by atomic mass is 32.5. The Balaban J connectivity index is 1.15. The summed E-state index contributed by atoms with van der Waals surface area (Å²) in [5.74, 6) is -0.844. The van der Waals surface area contributed by atoms with Crippen LogP contribution in [0.1, 0.15) is 35.0 Å². The first-order chi connectivity index (χ1) is 24.9. The van der Waals surface area contributed by atoms with Gasteiger partial charge in [-0.1, -0.05) is 18.2 Å². The first kappa shape index (κ1) is 37.2. The predicted octanol–water partition coefficient (Wildman–Crippen LogP) is 1.25. The molecule has 1 aromatic carbocycles. The number of H-pyrrole nitrogens is 1. The SMILES string of the molecule is CNCc1ccccc1C(=O)Nc1nc2c(ncn2[C@@H]2O[C@@H]3COP(O)(=S)O[C@H]4C[C@H](Oc5ccncn5)C[C@@H]4COP(O)(=S)O[C@@H]2[C@@H]3O)c(=O)[nH]1. The fourth-order valence-corrected chi connectivity index (χ4v) is 9.30. The normalized spacial score (nSPS) is 32.3. The highest BCUT2D eigenvalue weighted by Gasteiger charge is 2.50. The fourth-order valence-electron chi connectivity index (χ4n) is 6.33. The molecule has 5 heterocycles. The van der Waals surface area contributed by atoms with Gasteiger partial charge < -0.3 is 43.3 Å². The first-order valence-electron chi connectivity index (χ1n) is 16.0. The lowest BCUT2D eigenvalue weighted by Gasteiger charge is -2.28. The molecule has 1 saturated carbocycles. The number of aliphatic hydroxyl groups is 1. The van der Waals surface area contributed by atoms with Crippen molar-refractivity contribution in [3.63, 3.8) is 0 Å². The molecule has 2 bridgehead atoms. The van der Waals surface area contributed by atoms with Gasteiger partial charge in [0.15, 0.2) is 17.4 Å². The Morgan fingerprint density at radius 1 is 1.10 bits per heavy atom. The summed E-state index contributed by atoms with van der Waals surface area (Å²) in [5, 5.41) is 17.0. The number of carbonyl (C=O) groups is 1. The maximum atomic E-state index is 13.2. The third kappa shape index (κ3) is 8.17. The number of hydrogen-bond donors (Lipinski definition) is 6. The standard InChI is InChI=1S/C29H34N8O11P2S2/c1-30-10-15-4-2-3-5-18(15)26(39)35-29-34-25-22(27(40)36-29)33-14-37(25)28-24-23(38)20(46-28)12-44-49(41,51)47-19-9-17(45-21-6-7-31-13-32-21)8-16(19)11-43-50(42,52)48-24/h2-7,13-14,16-17,19-20,23-24,28,30,38H,8-12H2,1H3,(H,41,51)(H,42,52)(H2,34,35,36,39,40)/t16-,17-,19+,20-,23-,24-,28-,49?,50?/m1/s1. The fraction of sp³-hybridized carbons (Fsp3) is 0.448. The quantitative estimate of drug-likeness (QED) is 0.144. The maximum Gasteiger partial charge on any atom is 0.325 e. The molecule has 7 rings (SSSR count). The highest BCUT2D eigenvalue weighted by Crippen LogP contribution is 2.54. The van der Waals surface area contributed by atoms with Gasteiger partial charge in [-0.15, -0.1) is 0 Å². The lowest BCUT2D eigenvalue weighted by molar-refractivity contribution is -0.0511. The average Bonchev–Trinajstić information content (AvgIpc) is 3.78. The molecule has 3 aliphatic rings. The van der Waals surface area contributed by atoms with Gasteiger partial charge in [0, 0.05) is 36.7 Å². The van der Waals surface area contributed by atoms with Crippen LogP contribution in [0.15, 0.2) is 54.0 Å². The molecule has 0 spiro atoms. The van der Waals surface area contributed by atoms with Gasteiger partial charge in [-0.25, -0.2) is 15.0 Å². The number of hydrogen-bond acceptors (Lipinski definition) is 16. The Morgan fingerprint density at radius 2 is 1.88 bits per heavy atom. The lowest BCUT2D eigenvalue weighted by atomic mass is 10.1. The van der Waals surface area contributed by atoms with Gasteiger partial charge in [0.2, 0.25) is 11.8 Å². The van der Waals surface area contributed by atoms with Crippen LogP contribution >= 0.6 is 13.4 Å². The zero-order valence-corrected chi connectivity index (χ0v) is 30.7. The van der Waals surface area contributed by atoms with Gasteiger partial charge in [-0.2, -0.15) is 4.98 Å². The molecule has 3 aromatic heterocycles. The van der Waals surface area contributed by atoms with Gasteiger partial charge in [0.1, 0.15) is 30.7 Å². The Labute approximate surface area is 305 Å². The van der Waals surface area contributed by atoms with Crippen LogP contribution in [-0.2, 0) is 53.0 Å². The molecule has 23 heteroatoms. The van der Waals surface area contributed by atoms with E-state index in [9.17, 15) is 24.5 Å². The van der Waals surface area contributed by atoms with E-state index in [4.69, 9.17) is 51.2 Å². The molecule has 6 N–H and O–H groups in total. The first-order valence-corrected chi connectivity index (χ1v) is 21.2. The summed E-state index contributed by atoms with van der Waals surface area (Å²) in [5.41, 5.74) is 0.228. The number of aliphatic hydroxyl groups excluding tert-OH is 1. The molecule has 1 aliphatic carbocycles. The van der Waals surface area contributed by atoms with Crippen molar-refractivity contribution in [2.45, 2.75) is 56.1 Å². The third-order valence-corrected chi connectivity index (χ3v) is 11.8. The minimum Gasteiger partial charge on any atom is -0.474 e. The summed E-state index contributed by atoms with van der Waals surface area (Å²) in [7, 11) is 1.75. The van der Waals surface area contributed by atoms with E-state index in [1.807, 2.05) is 0 Å². The molecule has 2 aliphatic heterocycles. The number of aromatic amines is 1. The summed E-state index contributed by atoms with van der Waals surface area (Å²) in [6.45, 7) is -8.26. The second-order valence-corrected chi connectivity index (χ2v) is 17.8. The number of nitrogens with zero attached hydrogens (tertiary/aromatic N) is 5. The van der Waals surface area contributed by atoms with Gasteiger partial charge >= 0.3 is 13.4 Å². The van der Waals surface area contributed by atoms with Crippen LogP contribution in [0.3, 0.4) is 0 Å². The van der Waals surface area contributed by atoms with Gasteiger partial charge in [0.05, 0.1) is 25.6 Å². The van der Waals surface area contributed by atoms with Crippen LogP contribution in [0.4, 0.5) is 5.95 Å². The van der Waals surface area contributed by atoms with Gasteiger partial charge in [-0.3, -0.25) is 29.0 Å². The number of nitrogens with one attached hydrogen (secondary N) is 3. The summed E-state index contributed by atoms with van der Waals surface area (Å²) < 4.78 is 36.6. The average molecular weight is 797 g/mol. The predicted molar refractivity (Wildman–Crippen MR) is 189 cm³/mol. The minimum absolute atomic E-state index is 0.0534. The van der Waals surface area contributed by atoms with E-state index < -0.39 is 74.2 Å². The number of anilines is 1. The Morgan fingerprint density at radius 3 is 2.67 bits per heavy atom. The molecular formula is C29H34N8O11P2S2. The zero-order chi connectivity index (χ0) is 36.6. The van der Waals surface area contributed by atoms with E-state index in [2.05, 4.69) is 35.6 Å². The largest absolute Gasteiger partial charge is 0.474 e. The molecule has 1 amide bonds. The zero-order valence-electron chi connectivity index (χ0n) is 27.3. The summed E-state index contributed by atoms with van der Waals surface area (Å²) in [6, 6.07) is 8.53. The van der Waals surface area contributed by atoms with E-state index in [0.717, 1.165) is 5.56 Å². The summed E-state index contributed by atoms with van der Waals surface area (Å²) in [6.07, 6.45) is -1.83. The van der Waals surface area contributed by atoms with E-state index >= 15 is 0 Å². The molecule has 2 saturated heterocycles. The van der Waals surface area contributed by atoms with Crippen LogP contribution in [0.2, 0.25) is 0 Å². The van der Waals surface area contributed by atoms with Crippen molar-refractivity contribution in [1.29, 1.82) is 0 Å². The number of rotatable bonds is 7. The molecule has 3 fully saturated rings. The molecule has 278 valence electrons. The number of ether oxygens (including phenoxy) is 2. The smallest absolute Gasteiger partial charge is 0.325 e. The van der Waals surface area contributed by atoms with Crippen molar-refractivity contribution in [3.8, 4) is 5.88 Å². The van der Waals surface area contributed by atoms with Crippen molar-refractivity contribution in [2.24, 2.45) is 5.92 Å². The van der Waals surface area contributed by atoms with Crippen molar-refractivity contribution < 1.29 is 47.3 Å². The number of amides is 1. The number of imidazole rings is 1. The molecule has 9 atom stereocenters. The summed E-state index contributed by atoms with van der Waals surface area (Å²) >= 11 is 10.7. The van der Waals surface area contributed by atoms with Crippen molar-refractivity contribution in [3.05, 3.63) is 70.7 Å². The van der Waals surface area contributed by atoms with Crippen LogP contribution in [0.5, 0.6) is 5.88 Å². The van der Waals surface area contributed by atoms with Crippen molar-refractivity contribution in [2.75, 3.05) is 25.6 Å². The second-order valence-electron chi connectivity index (χ2n) is 12.2. The van der Waals surface area contributed by atoms with Crippen LogP contribution in [-0.4, -0.2) is 101 Å². The molecule has 0 radical (unpaired) electrons. The van der Waals surface area contributed by atoms with E-state index in [0.29, 0.717) is 24.4 Å². The third-order valence-electron chi connectivity index (χ3n) is 8.69. The van der Waals surface area contributed by atoms with Crippen LogP contribution in [0.25, 0.3) is 11.2 Å². The van der Waals surface area contributed by atoms with Gasteiger partial charge in [-0.05, 0) is 48.7 Å². The van der Waals surface area contributed by atoms with E-state index in [1.54, 1.807) is 37.4 Å². The number of benzene rings is 1. The minimum atomic E-state index is -4.11.